The van der Waals surface area contributed by atoms with Gasteiger partial charge in [-0.05, 0) is 67.3 Å². The van der Waals surface area contributed by atoms with Gasteiger partial charge in [0, 0.05) is 24.3 Å². The van der Waals surface area contributed by atoms with Gasteiger partial charge in [-0.25, -0.2) is 8.42 Å². The Kier molecular flexibility index (Phi) is 6.88. The standard InChI is InChI=1S/C26H29N3O4S/c1-3-34(32,33)28-24-14-13-21(16-18(24)2)27-25(30)20-10-7-15-29(17-20)26(31)23-12-6-9-19-8-4-5-11-22(19)23/h4-6,8-9,11-14,16,20,28H,3,7,10,15,17H2,1-2H3,(H,27,30). The van der Waals surface area contributed by atoms with E-state index in [1.54, 1.807) is 36.9 Å². The van der Waals surface area contributed by atoms with Crippen LogP contribution in [-0.4, -0.2) is 44.0 Å². The van der Waals surface area contributed by atoms with Crippen LogP contribution in [0.25, 0.3) is 10.8 Å². The van der Waals surface area contributed by atoms with E-state index in [0.717, 1.165) is 17.2 Å². The Bertz CT molecular complexity index is 1330. The number of piperidine rings is 1. The van der Waals surface area contributed by atoms with Gasteiger partial charge in [-0.2, -0.15) is 0 Å². The highest BCUT2D eigenvalue weighted by atomic mass is 32.2. The number of likely N-dealkylation sites (tertiary alicyclic amines) is 1. The number of nitrogens with zero attached hydrogens (tertiary/aromatic N) is 1. The zero-order valence-corrected chi connectivity index (χ0v) is 20.2. The number of carbonyl (C=O) groups excluding carboxylic acids is 2. The van der Waals surface area contributed by atoms with Gasteiger partial charge in [0.05, 0.1) is 17.4 Å². The third-order valence-corrected chi connectivity index (χ3v) is 7.53. The number of aryl methyl sites for hydroxylation is 1. The van der Waals surface area contributed by atoms with Gasteiger partial charge in [-0.1, -0.05) is 36.4 Å². The number of amides is 2. The summed E-state index contributed by atoms with van der Waals surface area (Å²) in [5, 5.41) is 4.86. The maximum Gasteiger partial charge on any atom is 0.254 e. The molecule has 0 aromatic heterocycles. The molecule has 1 heterocycles. The molecule has 3 aromatic rings. The van der Waals surface area contributed by atoms with Gasteiger partial charge >= 0.3 is 0 Å². The molecule has 1 aliphatic rings. The van der Waals surface area contributed by atoms with Gasteiger partial charge in [0.25, 0.3) is 5.91 Å². The molecule has 2 N–H and O–H groups in total. The van der Waals surface area contributed by atoms with Gasteiger partial charge in [-0.3, -0.25) is 14.3 Å². The molecule has 0 aliphatic carbocycles. The summed E-state index contributed by atoms with van der Waals surface area (Å²) in [5.41, 5.74) is 2.45. The van der Waals surface area contributed by atoms with Crippen molar-refractivity contribution in [2.45, 2.75) is 26.7 Å². The third kappa shape index (κ3) is 5.22. The van der Waals surface area contributed by atoms with Crippen molar-refractivity contribution in [2.24, 2.45) is 5.92 Å². The molecular formula is C26H29N3O4S. The second-order valence-corrected chi connectivity index (χ2v) is 10.7. The molecule has 0 saturated carbocycles. The monoisotopic (exact) mass is 479 g/mol. The molecule has 4 rings (SSSR count). The molecule has 178 valence electrons. The Balaban J connectivity index is 1.44. The number of nitrogens with one attached hydrogen (secondary N) is 2. The van der Waals surface area contributed by atoms with Crippen molar-refractivity contribution in [3.8, 4) is 0 Å². The van der Waals surface area contributed by atoms with Crippen LogP contribution in [0.2, 0.25) is 0 Å². The lowest BCUT2D eigenvalue weighted by molar-refractivity contribution is -0.121. The number of hydrogen-bond donors (Lipinski definition) is 2. The van der Waals surface area contributed by atoms with E-state index in [9.17, 15) is 18.0 Å². The van der Waals surface area contributed by atoms with Gasteiger partial charge in [0.1, 0.15) is 0 Å². The molecule has 1 aliphatic heterocycles. The molecule has 1 fully saturated rings. The van der Waals surface area contributed by atoms with E-state index in [1.807, 2.05) is 42.5 Å². The van der Waals surface area contributed by atoms with Crippen LogP contribution in [0.5, 0.6) is 0 Å². The Morgan fingerprint density at radius 2 is 1.82 bits per heavy atom. The molecule has 34 heavy (non-hydrogen) atoms. The van der Waals surface area contributed by atoms with Gasteiger partial charge in [0.15, 0.2) is 0 Å². The molecule has 2 amide bonds. The molecule has 1 saturated heterocycles. The summed E-state index contributed by atoms with van der Waals surface area (Å²) in [4.78, 5) is 28.1. The zero-order chi connectivity index (χ0) is 24.3. The van der Waals surface area contributed by atoms with Crippen LogP contribution in [0.15, 0.2) is 60.7 Å². The zero-order valence-electron chi connectivity index (χ0n) is 19.4. The Hall–Kier alpha value is -3.39. The van der Waals surface area contributed by atoms with Gasteiger partial charge < -0.3 is 10.2 Å². The predicted molar refractivity (Wildman–Crippen MR) is 135 cm³/mol. The SMILES string of the molecule is CCS(=O)(=O)Nc1ccc(NC(=O)C2CCCN(C(=O)c3cccc4ccccc34)C2)cc1C. The Labute approximate surface area is 200 Å². The van der Waals surface area contributed by atoms with Crippen molar-refractivity contribution in [1.82, 2.24) is 4.90 Å². The van der Waals surface area contributed by atoms with Crippen LogP contribution in [0, 0.1) is 12.8 Å². The molecule has 0 bridgehead atoms. The normalized spacial score (nSPS) is 16.3. The van der Waals surface area contributed by atoms with E-state index in [2.05, 4.69) is 10.0 Å². The van der Waals surface area contributed by atoms with Crippen LogP contribution >= 0.6 is 0 Å². The quantitative estimate of drug-likeness (QED) is 0.548. The summed E-state index contributed by atoms with van der Waals surface area (Å²) < 4.78 is 26.2. The fourth-order valence-electron chi connectivity index (χ4n) is 4.30. The van der Waals surface area contributed by atoms with Crippen LogP contribution in [0.4, 0.5) is 11.4 Å². The smallest absolute Gasteiger partial charge is 0.254 e. The lowest BCUT2D eigenvalue weighted by Gasteiger charge is -2.32. The van der Waals surface area contributed by atoms with Crippen LogP contribution in [0.3, 0.4) is 0 Å². The largest absolute Gasteiger partial charge is 0.338 e. The number of anilines is 2. The van der Waals surface area contributed by atoms with Crippen molar-refractivity contribution in [3.05, 3.63) is 71.8 Å². The average molecular weight is 480 g/mol. The maximum atomic E-state index is 13.3. The minimum atomic E-state index is -3.37. The van der Waals surface area contributed by atoms with Crippen molar-refractivity contribution in [1.29, 1.82) is 0 Å². The fourth-order valence-corrected chi connectivity index (χ4v) is 5.01. The van der Waals surface area contributed by atoms with E-state index in [0.29, 0.717) is 42.0 Å². The number of rotatable bonds is 6. The molecule has 7 nitrogen and oxygen atoms in total. The van der Waals surface area contributed by atoms with E-state index in [1.165, 1.54) is 0 Å². The molecule has 3 aromatic carbocycles. The first kappa shape index (κ1) is 23.8. The number of carbonyl (C=O) groups is 2. The van der Waals surface area contributed by atoms with E-state index >= 15 is 0 Å². The van der Waals surface area contributed by atoms with Crippen molar-refractivity contribution in [2.75, 3.05) is 28.9 Å². The Morgan fingerprint density at radius 1 is 1.06 bits per heavy atom. The molecular weight excluding hydrogens is 450 g/mol. The van der Waals surface area contributed by atoms with Gasteiger partial charge in [0.2, 0.25) is 15.9 Å². The molecule has 0 radical (unpaired) electrons. The first-order chi connectivity index (χ1) is 16.3. The van der Waals surface area contributed by atoms with Crippen molar-refractivity contribution < 1.29 is 18.0 Å². The van der Waals surface area contributed by atoms with Crippen LogP contribution in [0.1, 0.15) is 35.7 Å². The van der Waals surface area contributed by atoms with E-state index < -0.39 is 10.0 Å². The van der Waals surface area contributed by atoms with Crippen molar-refractivity contribution >= 4 is 44.0 Å². The highest BCUT2D eigenvalue weighted by Gasteiger charge is 2.29. The fraction of sp³-hybridized carbons (Fsp3) is 0.308. The van der Waals surface area contributed by atoms with Crippen molar-refractivity contribution in [3.63, 3.8) is 0 Å². The molecule has 8 heteroatoms. The average Bonchev–Trinajstić information content (AvgIpc) is 2.85. The molecule has 1 atom stereocenters. The highest BCUT2D eigenvalue weighted by molar-refractivity contribution is 7.92. The summed E-state index contributed by atoms with van der Waals surface area (Å²) in [7, 11) is -3.37. The van der Waals surface area contributed by atoms with Crippen LogP contribution in [-0.2, 0) is 14.8 Å². The first-order valence-corrected chi connectivity index (χ1v) is 13.1. The topological polar surface area (TPSA) is 95.6 Å². The summed E-state index contributed by atoms with van der Waals surface area (Å²) >= 11 is 0. The predicted octanol–water partition coefficient (Wildman–Crippen LogP) is 4.40. The minimum Gasteiger partial charge on any atom is -0.338 e. The second kappa shape index (κ2) is 9.85. The third-order valence-electron chi connectivity index (χ3n) is 6.24. The van der Waals surface area contributed by atoms with E-state index in [4.69, 9.17) is 0 Å². The van der Waals surface area contributed by atoms with Crippen LogP contribution < -0.4 is 10.0 Å². The number of sulfonamides is 1. The minimum absolute atomic E-state index is 0.0133. The molecule has 0 spiro atoms. The summed E-state index contributed by atoms with van der Waals surface area (Å²) in [5.74, 6) is -0.527. The second-order valence-electron chi connectivity index (χ2n) is 8.64. The number of benzene rings is 3. The summed E-state index contributed by atoms with van der Waals surface area (Å²) in [6, 6.07) is 18.6. The number of hydrogen-bond acceptors (Lipinski definition) is 4. The lowest BCUT2D eigenvalue weighted by Crippen LogP contribution is -2.43. The lowest BCUT2D eigenvalue weighted by atomic mass is 9.95. The van der Waals surface area contributed by atoms with Gasteiger partial charge in [-0.15, -0.1) is 0 Å². The number of fused-ring (bicyclic) bond motifs is 1. The van der Waals surface area contributed by atoms with E-state index in [-0.39, 0.29) is 23.5 Å². The Morgan fingerprint density at radius 3 is 2.59 bits per heavy atom. The summed E-state index contributed by atoms with van der Waals surface area (Å²) in [6.45, 7) is 4.34. The molecule has 1 unspecified atom stereocenters. The summed E-state index contributed by atoms with van der Waals surface area (Å²) in [6.07, 6.45) is 1.46. The highest BCUT2D eigenvalue weighted by Crippen LogP contribution is 2.26. The maximum absolute atomic E-state index is 13.3. The first-order valence-electron chi connectivity index (χ1n) is 11.5.